The quantitative estimate of drug-likeness (QED) is 0.776. The number of benzene rings is 1. The summed E-state index contributed by atoms with van der Waals surface area (Å²) in [7, 11) is 0. The van der Waals surface area contributed by atoms with Crippen molar-refractivity contribution in [1.29, 1.82) is 0 Å². The highest BCUT2D eigenvalue weighted by molar-refractivity contribution is 6.03. The first-order chi connectivity index (χ1) is 9.11. The minimum atomic E-state index is -0.559. The molecule has 0 saturated heterocycles. The van der Waals surface area contributed by atoms with Gasteiger partial charge in [-0.05, 0) is 18.2 Å². The molecular formula is C13H12FN3O2. The van der Waals surface area contributed by atoms with E-state index < -0.39 is 17.2 Å². The predicted molar refractivity (Wildman–Crippen MR) is 69.3 cm³/mol. The number of carbonyl (C=O) groups is 1. The summed E-state index contributed by atoms with van der Waals surface area (Å²) in [4.78, 5) is 26.0. The number of amides is 1. The van der Waals surface area contributed by atoms with Gasteiger partial charge in [-0.15, -0.1) is 0 Å². The average molecular weight is 261 g/mol. The van der Waals surface area contributed by atoms with E-state index in [0.29, 0.717) is 11.3 Å². The number of pyridine rings is 1. The van der Waals surface area contributed by atoms with Crippen LogP contribution in [0.4, 0.5) is 10.1 Å². The zero-order chi connectivity index (χ0) is 13.8. The Morgan fingerprint density at radius 1 is 1.37 bits per heavy atom. The monoisotopic (exact) mass is 261 g/mol. The first-order valence-corrected chi connectivity index (χ1v) is 5.59. The van der Waals surface area contributed by atoms with Gasteiger partial charge in [0.1, 0.15) is 11.4 Å². The molecular weight excluding hydrogens is 249 g/mol. The standard InChI is InChI=1S/C13H12FN3O2/c14-11-2-1-9(5-8(11)6-15)17-13(19)10-7-16-4-3-12(10)18/h1-5,7H,6,15H2,(H,16,18)(H,17,19). The van der Waals surface area contributed by atoms with E-state index in [1.54, 1.807) is 0 Å². The summed E-state index contributed by atoms with van der Waals surface area (Å²) >= 11 is 0. The zero-order valence-corrected chi connectivity index (χ0v) is 9.94. The van der Waals surface area contributed by atoms with Gasteiger partial charge < -0.3 is 16.0 Å². The average Bonchev–Trinajstić information content (AvgIpc) is 2.41. The number of halogens is 1. The van der Waals surface area contributed by atoms with Gasteiger partial charge in [0.05, 0.1) is 0 Å². The lowest BCUT2D eigenvalue weighted by Gasteiger charge is -2.07. The number of hydrogen-bond donors (Lipinski definition) is 3. The van der Waals surface area contributed by atoms with Crippen LogP contribution in [0.2, 0.25) is 0 Å². The second-order valence-corrected chi connectivity index (χ2v) is 3.89. The maximum absolute atomic E-state index is 13.2. The van der Waals surface area contributed by atoms with E-state index in [2.05, 4.69) is 10.3 Å². The van der Waals surface area contributed by atoms with Crippen LogP contribution in [0, 0.1) is 5.82 Å². The van der Waals surface area contributed by atoms with Gasteiger partial charge in [0.15, 0.2) is 5.43 Å². The molecule has 6 heteroatoms. The Labute approximate surface area is 108 Å². The molecule has 2 rings (SSSR count). The van der Waals surface area contributed by atoms with Crippen molar-refractivity contribution in [2.24, 2.45) is 5.73 Å². The van der Waals surface area contributed by atoms with Gasteiger partial charge in [-0.2, -0.15) is 0 Å². The van der Waals surface area contributed by atoms with Gasteiger partial charge in [-0.1, -0.05) is 0 Å². The Morgan fingerprint density at radius 2 is 2.16 bits per heavy atom. The minimum absolute atomic E-state index is 0.0128. The number of nitrogens with two attached hydrogens (primary N) is 1. The molecule has 19 heavy (non-hydrogen) atoms. The number of aromatic amines is 1. The molecule has 2 aromatic rings. The third-order valence-electron chi connectivity index (χ3n) is 2.59. The normalized spacial score (nSPS) is 10.2. The molecule has 0 fully saturated rings. The molecule has 0 bridgehead atoms. The van der Waals surface area contributed by atoms with Crippen molar-refractivity contribution < 1.29 is 9.18 Å². The highest BCUT2D eigenvalue weighted by Gasteiger charge is 2.10. The van der Waals surface area contributed by atoms with Crippen LogP contribution in [0.15, 0.2) is 41.5 Å². The molecule has 0 spiro atoms. The number of nitrogens with one attached hydrogen (secondary N) is 2. The number of aromatic nitrogens is 1. The molecule has 5 nitrogen and oxygen atoms in total. The number of H-pyrrole nitrogens is 1. The fraction of sp³-hybridized carbons (Fsp3) is 0.0769. The molecule has 0 aliphatic rings. The van der Waals surface area contributed by atoms with Crippen molar-refractivity contribution in [3.8, 4) is 0 Å². The molecule has 0 atom stereocenters. The second-order valence-electron chi connectivity index (χ2n) is 3.89. The minimum Gasteiger partial charge on any atom is -0.367 e. The van der Waals surface area contributed by atoms with E-state index in [0.717, 1.165) is 0 Å². The SMILES string of the molecule is NCc1cc(NC(=O)c2c[nH]ccc2=O)ccc1F. The van der Waals surface area contributed by atoms with Crippen molar-refractivity contribution in [3.63, 3.8) is 0 Å². The number of rotatable bonds is 3. The largest absolute Gasteiger partial charge is 0.367 e. The number of carbonyl (C=O) groups excluding carboxylic acids is 1. The third-order valence-corrected chi connectivity index (χ3v) is 2.59. The van der Waals surface area contributed by atoms with Crippen LogP contribution < -0.4 is 16.5 Å². The van der Waals surface area contributed by atoms with Gasteiger partial charge in [0.25, 0.3) is 5.91 Å². The predicted octanol–water partition coefficient (Wildman–Crippen LogP) is 1.22. The molecule has 1 heterocycles. The Bertz CT molecular complexity index is 667. The van der Waals surface area contributed by atoms with Gasteiger partial charge >= 0.3 is 0 Å². The van der Waals surface area contributed by atoms with Crippen molar-refractivity contribution in [2.45, 2.75) is 6.54 Å². The Kier molecular flexibility index (Phi) is 3.72. The van der Waals surface area contributed by atoms with Crippen LogP contribution in [0.25, 0.3) is 0 Å². The summed E-state index contributed by atoms with van der Waals surface area (Å²) < 4.78 is 13.2. The van der Waals surface area contributed by atoms with E-state index in [4.69, 9.17) is 5.73 Å². The second kappa shape index (κ2) is 5.45. The highest BCUT2D eigenvalue weighted by Crippen LogP contribution is 2.14. The molecule has 1 amide bonds. The summed E-state index contributed by atoms with van der Waals surface area (Å²) in [5.41, 5.74) is 5.65. The van der Waals surface area contributed by atoms with Crippen molar-refractivity contribution in [1.82, 2.24) is 4.98 Å². The van der Waals surface area contributed by atoms with E-state index in [9.17, 15) is 14.0 Å². The van der Waals surface area contributed by atoms with E-state index in [-0.39, 0.29) is 12.1 Å². The molecule has 98 valence electrons. The third kappa shape index (κ3) is 2.86. The lowest BCUT2D eigenvalue weighted by Crippen LogP contribution is -2.21. The Morgan fingerprint density at radius 3 is 2.84 bits per heavy atom. The van der Waals surface area contributed by atoms with Crippen LogP contribution in [0.3, 0.4) is 0 Å². The highest BCUT2D eigenvalue weighted by atomic mass is 19.1. The summed E-state index contributed by atoms with van der Waals surface area (Å²) in [5, 5.41) is 2.52. The van der Waals surface area contributed by atoms with Gasteiger partial charge in [-0.3, -0.25) is 9.59 Å². The molecule has 4 N–H and O–H groups in total. The van der Waals surface area contributed by atoms with Gasteiger partial charge in [0.2, 0.25) is 0 Å². The maximum Gasteiger partial charge on any atom is 0.261 e. The molecule has 0 aliphatic carbocycles. The van der Waals surface area contributed by atoms with Crippen LogP contribution >= 0.6 is 0 Å². The summed E-state index contributed by atoms with van der Waals surface area (Å²) in [6.07, 6.45) is 2.74. The van der Waals surface area contributed by atoms with Gasteiger partial charge in [0, 0.05) is 36.3 Å². The van der Waals surface area contributed by atoms with Crippen LogP contribution in [-0.4, -0.2) is 10.9 Å². The number of anilines is 1. The van der Waals surface area contributed by atoms with Crippen molar-refractivity contribution in [2.75, 3.05) is 5.32 Å². The summed E-state index contributed by atoms with van der Waals surface area (Å²) in [6, 6.07) is 5.31. The smallest absolute Gasteiger partial charge is 0.261 e. The first-order valence-electron chi connectivity index (χ1n) is 5.59. The van der Waals surface area contributed by atoms with E-state index in [1.165, 1.54) is 36.7 Å². The molecule has 1 aromatic heterocycles. The molecule has 0 radical (unpaired) electrons. The summed E-state index contributed by atoms with van der Waals surface area (Å²) in [5.74, 6) is -0.991. The van der Waals surface area contributed by atoms with Crippen LogP contribution in [0.5, 0.6) is 0 Å². The molecule has 0 saturated carbocycles. The molecule has 0 aliphatic heterocycles. The first kappa shape index (κ1) is 13.0. The van der Waals surface area contributed by atoms with Crippen molar-refractivity contribution in [3.05, 3.63) is 63.8 Å². The lowest BCUT2D eigenvalue weighted by molar-refractivity contribution is 0.102. The molecule has 0 unspecified atom stereocenters. The fourth-order valence-electron chi connectivity index (χ4n) is 1.60. The van der Waals surface area contributed by atoms with Gasteiger partial charge in [-0.25, -0.2) is 4.39 Å². The topological polar surface area (TPSA) is 88.0 Å². The Hall–Kier alpha value is -2.47. The van der Waals surface area contributed by atoms with Crippen LogP contribution in [-0.2, 0) is 6.54 Å². The van der Waals surface area contributed by atoms with E-state index >= 15 is 0 Å². The zero-order valence-electron chi connectivity index (χ0n) is 9.94. The maximum atomic E-state index is 13.2. The van der Waals surface area contributed by atoms with Crippen LogP contribution in [0.1, 0.15) is 15.9 Å². The lowest BCUT2D eigenvalue weighted by atomic mass is 10.1. The van der Waals surface area contributed by atoms with E-state index in [1.807, 2.05) is 0 Å². The number of hydrogen-bond acceptors (Lipinski definition) is 3. The Balaban J connectivity index is 2.25. The van der Waals surface area contributed by atoms with Crippen molar-refractivity contribution >= 4 is 11.6 Å². The summed E-state index contributed by atoms with van der Waals surface area (Å²) in [6.45, 7) is 0.0292. The fourth-order valence-corrected chi connectivity index (χ4v) is 1.60. The molecule has 1 aromatic carbocycles.